The number of ether oxygens (including phenoxy) is 1. The number of alkyl carbamates (subject to hydrolysis) is 1. The van der Waals surface area contributed by atoms with E-state index in [9.17, 15) is 9.18 Å². The molecule has 0 radical (unpaired) electrons. The van der Waals surface area contributed by atoms with E-state index in [-0.39, 0.29) is 12.6 Å². The summed E-state index contributed by atoms with van der Waals surface area (Å²) in [4.78, 5) is 11.4. The van der Waals surface area contributed by atoms with Gasteiger partial charge in [0.2, 0.25) is 0 Å². The van der Waals surface area contributed by atoms with Gasteiger partial charge in [0.05, 0.1) is 0 Å². The Hall–Kier alpha value is -1.58. The van der Waals surface area contributed by atoms with Crippen molar-refractivity contribution in [2.24, 2.45) is 0 Å². The third-order valence-electron chi connectivity index (χ3n) is 2.90. The number of hydrogen-bond donors (Lipinski definition) is 1. The zero-order valence-corrected chi connectivity index (χ0v) is 9.56. The number of nitrogens with one attached hydrogen (secondary N) is 1. The molecule has 1 aliphatic carbocycles. The van der Waals surface area contributed by atoms with E-state index in [1.54, 1.807) is 0 Å². The molecule has 1 amide bonds. The smallest absolute Gasteiger partial charge is 0.407 e. The van der Waals surface area contributed by atoms with Gasteiger partial charge in [0.25, 0.3) is 0 Å². The van der Waals surface area contributed by atoms with E-state index >= 15 is 0 Å². The molecule has 92 valence electrons. The third-order valence-corrected chi connectivity index (χ3v) is 2.90. The minimum absolute atomic E-state index is 0.0757. The highest BCUT2D eigenvalue weighted by Crippen LogP contribution is 2.21. The molecule has 1 aliphatic rings. The Morgan fingerprint density at radius 2 is 2.12 bits per heavy atom. The van der Waals surface area contributed by atoms with Gasteiger partial charge in [0.1, 0.15) is 12.8 Å². The van der Waals surface area contributed by atoms with Gasteiger partial charge in [-0.3, -0.25) is 0 Å². The summed E-state index contributed by atoms with van der Waals surface area (Å²) in [6.45, 7) is 0.248. The largest absolute Gasteiger partial charge is 0.445 e. The molecule has 1 aromatic rings. The number of carbonyl (C=O) groups excluding carboxylic acids is 1. The molecular weight excluding hydrogens is 221 g/mol. The second-order valence-electron chi connectivity index (χ2n) is 4.31. The molecule has 2 atom stereocenters. The van der Waals surface area contributed by atoms with Gasteiger partial charge in [0.15, 0.2) is 0 Å². The fourth-order valence-corrected chi connectivity index (χ4v) is 1.99. The first-order valence-corrected chi connectivity index (χ1v) is 5.85. The Morgan fingerprint density at radius 1 is 1.35 bits per heavy atom. The maximum Gasteiger partial charge on any atom is 0.407 e. The molecule has 0 aliphatic heterocycles. The van der Waals surface area contributed by atoms with Crippen molar-refractivity contribution in [2.75, 3.05) is 0 Å². The Bertz CT molecular complexity index is 369. The van der Waals surface area contributed by atoms with Crippen LogP contribution in [0.15, 0.2) is 30.3 Å². The standard InChI is InChI=1S/C13H16FNO2/c14-11-6-7-12(8-11)15-13(16)17-9-10-4-2-1-3-5-10/h1-5,11-12H,6-9H2,(H,15,16)/t11-,12?/m1/s1. The van der Waals surface area contributed by atoms with Gasteiger partial charge in [-0.2, -0.15) is 0 Å². The number of benzene rings is 1. The van der Waals surface area contributed by atoms with Crippen LogP contribution in [0.2, 0.25) is 0 Å². The number of rotatable bonds is 3. The van der Waals surface area contributed by atoms with E-state index < -0.39 is 12.3 Å². The molecule has 2 rings (SSSR count). The minimum Gasteiger partial charge on any atom is -0.445 e. The minimum atomic E-state index is -0.783. The molecule has 1 aromatic carbocycles. The van der Waals surface area contributed by atoms with Crippen LogP contribution in [0, 0.1) is 0 Å². The van der Waals surface area contributed by atoms with Crippen LogP contribution in [0.25, 0.3) is 0 Å². The lowest BCUT2D eigenvalue weighted by molar-refractivity contribution is 0.135. The van der Waals surface area contributed by atoms with Gasteiger partial charge >= 0.3 is 6.09 Å². The summed E-state index contributed by atoms with van der Waals surface area (Å²) in [7, 11) is 0. The third kappa shape index (κ3) is 3.73. The van der Waals surface area contributed by atoms with Crippen molar-refractivity contribution in [3.8, 4) is 0 Å². The highest BCUT2D eigenvalue weighted by atomic mass is 19.1. The van der Waals surface area contributed by atoms with Gasteiger partial charge in [-0.1, -0.05) is 30.3 Å². The molecular formula is C13H16FNO2. The van der Waals surface area contributed by atoms with Gasteiger partial charge in [-0.15, -0.1) is 0 Å². The molecule has 1 saturated carbocycles. The van der Waals surface area contributed by atoms with Crippen LogP contribution in [-0.2, 0) is 11.3 Å². The van der Waals surface area contributed by atoms with Crippen molar-refractivity contribution in [2.45, 2.75) is 38.1 Å². The lowest BCUT2D eigenvalue weighted by Gasteiger charge is -2.12. The second-order valence-corrected chi connectivity index (χ2v) is 4.31. The van der Waals surface area contributed by atoms with Crippen LogP contribution in [0.3, 0.4) is 0 Å². The molecule has 0 spiro atoms. The summed E-state index contributed by atoms with van der Waals surface area (Å²) in [5.41, 5.74) is 0.942. The van der Waals surface area contributed by atoms with Gasteiger partial charge in [-0.05, 0) is 24.8 Å². The van der Waals surface area contributed by atoms with Crippen LogP contribution in [0.5, 0.6) is 0 Å². The van der Waals surface area contributed by atoms with Crippen LogP contribution < -0.4 is 5.32 Å². The lowest BCUT2D eigenvalue weighted by atomic mass is 10.2. The summed E-state index contributed by atoms with van der Waals surface area (Å²) >= 11 is 0. The second kappa shape index (κ2) is 5.66. The van der Waals surface area contributed by atoms with Crippen LogP contribution in [-0.4, -0.2) is 18.3 Å². The van der Waals surface area contributed by atoms with Crippen molar-refractivity contribution in [1.82, 2.24) is 5.32 Å². The van der Waals surface area contributed by atoms with Crippen molar-refractivity contribution >= 4 is 6.09 Å². The van der Waals surface area contributed by atoms with Gasteiger partial charge < -0.3 is 10.1 Å². The first kappa shape index (κ1) is 11.9. The van der Waals surface area contributed by atoms with E-state index in [1.807, 2.05) is 30.3 Å². The van der Waals surface area contributed by atoms with E-state index in [0.29, 0.717) is 19.3 Å². The molecule has 0 saturated heterocycles. The molecule has 1 N–H and O–H groups in total. The number of halogens is 1. The van der Waals surface area contributed by atoms with Crippen molar-refractivity contribution in [1.29, 1.82) is 0 Å². The quantitative estimate of drug-likeness (QED) is 0.877. The fraction of sp³-hybridized carbons (Fsp3) is 0.462. The van der Waals surface area contributed by atoms with Crippen molar-refractivity contribution in [3.05, 3.63) is 35.9 Å². The average Bonchev–Trinajstić information content (AvgIpc) is 2.73. The molecule has 1 unspecified atom stereocenters. The number of alkyl halides is 1. The Balaban J connectivity index is 1.71. The van der Waals surface area contributed by atoms with Crippen molar-refractivity contribution in [3.63, 3.8) is 0 Å². The molecule has 0 aromatic heterocycles. The molecule has 1 fully saturated rings. The van der Waals surface area contributed by atoms with Crippen molar-refractivity contribution < 1.29 is 13.9 Å². The Kier molecular flexibility index (Phi) is 3.96. The maximum absolute atomic E-state index is 12.9. The monoisotopic (exact) mass is 237 g/mol. The van der Waals surface area contributed by atoms with E-state index in [0.717, 1.165) is 5.56 Å². The van der Waals surface area contributed by atoms with E-state index in [4.69, 9.17) is 4.74 Å². The number of carbonyl (C=O) groups is 1. The average molecular weight is 237 g/mol. The highest BCUT2D eigenvalue weighted by molar-refractivity contribution is 5.67. The molecule has 4 heteroatoms. The Morgan fingerprint density at radius 3 is 2.76 bits per heavy atom. The first-order valence-electron chi connectivity index (χ1n) is 5.85. The topological polar surface area (TPSA) is 38.3 Å². The normalized spacial score (nSPS) is 23.4. The van der Waals surface area contributed by atoms with Crippen LogP contribution in [0.4, 0.5) is 9.18 Å². The highest BCUT2D eigenvalue weighted by Gasteiger charge is 2.25. The summed E-state index contributed by atoms with van der Waals surface area (Å²) in [6, 6.07) is 9.39. The fourth-order valence-electron chi connectivity index (χ4n) is 1.99. The van der Waals surface area contributed by atoms with E-state index in [2.05, 4.69) is 5.32 Å². The first-order chi connectivity index (χ1) is 8.24. The SMILES string of the molecule is O=C(NC1CC[C@@H](F)C1)OCc1ccccc1. The molecule has 3 nitrogen and oxygen atoms in total. The Labute approximate surface area is 100.0 Å². The predicted octanol–water partition coefficient (Wildman–Crippen LogP) is 2.80. The number of amides is 1. The van der Waals surface area contributed by atoms with Gasteiger partial charge in [0, 0.05) is 6.04 Å². The molecule has 0 heterocycles. The maximum atomic E-state index is 12.9. The zero-order valence-electron chi connectivity index (χ0n) is 9.56. The summed E-state index contributed by atoms with van der Waals surface area (Å²) in [5.74, 6) is 0. The predicted molar refractivity (Wildman–Crippen MR) is 62.3 cm³/mol. The summed E-state index contributed by atoms with van der Waals surface area (Å²) in [6.07, 6.45) is 0.383. The van der Waals surface area contributed by atoms with Crippen LogP contribution >= 0.6 is 0 Å². The van der Waals surface area contributed by atoms with E-state index in [1.165, 1.54) is 0 Å². The van der Waals surface area contributed by atoms with Crippen LogP contribution in [0.1, 0.15) is 24.8 Å². The molecule has 0 bridgehead atoms. The summed E-state index contributed by atoms with van der Waals surface area (Å²) in [5, 5.41) is 2.68. The number of hydrogen-bond acceptors (Lipinski definition) is 2. The summed E-state index contributed by atoms with van der Waals surface area (Å²) < 4.78 is 17.9. The van der Waals surface area contributed by atoms with Gasteiger partial charge in [-0.25, -0.2) is 9.18 Å². The zero-order chi connectivity index (χ0) is 12.1. The lowest BCUT2D eigenvalue weighted by Crippen LogP contribution is -2.33. The molecule has 17 heavy (non-hydrogen) atoms.